The molecule has 3 nitrogen and oxygen atoms in total. The Morgan fingerprint density at radius 3 is 2.85 bits per heavy atom. The summed E-state index contributed by atoms with van der Waals surface area (Å²) >= 11 is 0. The minimum atomic E-state index is -0.649. The van der Waals surface area contributed by atoms with Crippen LogP contribution < -0.4 is 0 Å². The van der Waals surface area contributed by atoms with Gasteiger partial charge < -0.3 is 9.84 Å². The van der Waals surface area contributed by atoms with Gasteiger partial charge in [-0.1, -0.05) is 6.07 Å². The molecule has 0 aromatic heterocycles. The van der Waals surface area contributed by atoms with Crippen molar-refractivity contribution in [2.24, 2.45) is 0 Å². The minimum absolute atomic E-state index is 0.0330. The highest BCUT2D eigenvalue weighted by Crippen LogP contribution is 2.14. The number of rotatable bonds is 2. The summed E-state index contributed by atoms with van der Waals surface area (Å²) < 4.78 is 17.4. The van der Waals surface area contributed by atoms with Gasteiger partial charge in [-0.15, -0.1) is 0 Å². The van der Waals surface area contributed by atoms with E-state index in [1.54, 1.807) is 0 Å². The number of hydrogen-bond acceptors (Lipinski definition) is 3. The van der Waals surface area contributed by atoms with Crippen molar-refractivity contribution in [2.75, 3.05) is 7.11 Å². The second-order valence-corrected chi connectivity index (χ2v) is 2.42. The monoisotopic (exact) mass is 184 g/mol. The molecule has 0 amide bonds. The van der Waals surface area contributed by atoms with Crippen LogP contribution >= 0.6 is 0 Å². The molecule has 0 fully saturated rings. The Hall–Kier alpha value is -1.42. The topological polar surface area (TPSA) is 46.5 Å². The zero-order valence-corrected chi connectivity index (χ0v) is 7.08. The zero-order valence-electron chi connectivity index (χ0n) is 7.08. The molecular weight excluding hydrogens is 175 g/mol. The molecule has 0 saturated heterocycles. The summed E-state index contributed by atoms with van der Waals surface area (Å²) in [6, 6.07) is 3.97. The fraction of sp³-hybridized carbons (Fsp3) is 0.222. The molecule has 1 aromatic carbocycles. The highest BCUT2D eigenvalue weighted by Gasteiger charge is 2.13. The van der Waals surface area contributed by atoms with E-state index in [9.17, 15) is 9.18 Å². The summed E-state index contributed by atoms with van der Waals surface area (Å²) in [5, 5.41) is 8.80. The van der Waals surface area contributed by atoms with E-state index >= 15 is 0 Å². The lowest BCUT2D eigenvalue weighted by atomic mass is 10.1. The second-order valence-electron chi connectivity index (χ2n) is 2.42. The molecule has 0 radical (unpaired) electrons. The van der Waals surface area contributed by atoms with Crippen molar-refractivity contribution in [2.45, 2.75) is 6.61 Å². The highest BCUT2D eigenvalue weighted by molar-refractivity contribution is 5.90. The minimum Gasteiger partial charge on any atom is -0.465 e. The van der Waals surface area contributed by atoms with Crippen LogP contribution in [0.1, 0.15) is 15.9 Å². The van der Waals surface area contributed by atoms with Crippen LogP contribution in [-0.4, -0.2) is 18.2 Å². The number of halogens is 1. The molecule has 0 aliphatic carbocycles. The number of benzene rings is 1. The Morgan fingerprint density at radius 2 is 2.31 bits per heavy atom. The molecule has 0 aliphatic heterocycles. The normalized spacial score (nSPS) is 9.77. The first kappa shape index (κ1) is 9.67. The predicted octanol–water partition coefficient (Wildman–Crippen LogP) is 1.10. The number of esters is 1. The molecule has 0 atom stereocenters. The van der Waals surface area contributed by atoms with Crippen LogP contribution in [0.25, 0.3) is 0 Å². The SMILES string of the molecule is COC(=O)c1cccc(F)c1CO. The van der Waals surface area contributed by atoms with E-state index in [-0.39, 0.29) is 11.1 Å². The lowest BCUT2D eigenvalue weighted by molar-refractivity contribution is 0.0596. The van der Waals surface area contributed by atoms with Crippen molar-refractivity contribution in [3.8, 4) is 0 Å². The molecule has 70 valence electrons. The lowest BCUT2D eigenvalue weighted by Crippen LogP contribution is -2.07. The van der Waals surface area contributed by atoms with Gasteiger partial charge in [0.05, 0.1) is 19.3 Å². The molecule has 1 aromatic rings. The maximum absolute atomic E-state index is 13.0. The quantitative estimate of drug-likeness (QED) is 0.700. The zero-order chi connectivity index (χ0) is 9.84. The van der Waals surface area contributed by atoms with Gasteiger partial charge in [0.25, 0.3) is 0 Å². The maximum Gasteiger partial charge on any atom is 0.338 e. The van der Waals surface area contributed by atoms with Crippen molar-refractivity contribution in [3.05, 3.63) is 35.1 Å². The van der Waals surface area contributed by atoms with E-state index in [1.165, 1.54) is 25.3 Å². The summed E-state index contributed by atoms with van der Waals surface area (Å²) in [4.78, 5) is 11.0. The number of hydrogen-bond donors (Lipinski definition) is 1. The number of aliphatic hydroxyl groups is 1. The summed E-state index contributed by atoms with van der Waals surface area (Å²) in [6.07, 6.45) is 0. The first-order valence-corrected chi connectivity index (χ1v) is 3.67. The summed E-state index contributed by atoms with van der Waals surface area (Å²) in [5.41, 5.74) is 0.0272. The van der Waals surface area contributed by atoms with Gasteiger partial charge in [-0.2, -0.15) is 0 Å². The van der Waals surface area contributed by atoms with Crippen LogP contribution in [0.2, 0.25) is 0 Å². The molecule has 1 N–H and O–H groups in total. The first-order valence-electron chi connectivity index (χ1n) is 3.67. The number of aliphatic hydroxyl groups excluding tert-OH is 1. The summed E-state index contributed by atoms with van der Waals surface area (Å²) in [6.45, 7) is -0.517. The van der Waals surface area contributed by atoms with E-state index in [0.717, 1.165) is 0 Å². The Labute approximate surface area is 74.8 Å². The van der Waals surface area contributed by atoms with Crippen LogP contribution in [0, 0.1) is 5.82 Å². The molecule has 0 saturated carbocycles. The second kappa shape index (κ2) is 4.00. The largest absolute Gasteiger partial charge is 0.465 e. The molecular formula is C9H9FO3. The number of carbonyl (C=O) groups is 1. The van der Waals surface area contributed by atoms with Gasteiger partial charge in [-0.3, -0.25) is 0 Å². The molecule has 0 unspecified atom stereocenters. The lowest BCUT2D eigenvalue weighted by Gasteiger charge is -2.05. The van der Waals surface area contributed by atoms with Gasteiger partial charge in [-0.05, 0) is 12.1 Å². The van der Waals surface area contributed by atoms with E-state index in [2.05, 4.69) is 4.74 Å². The molecule has 13 heavy (non-hydrogen) atoms. The summed E-state index contributed by atoms with van der Waals surface area (Å²) in [5.74, 6) is -1.26. The number of methoxy groups -OCH3 is 1. The molecule has 0 spiro atoms. The van der Waals surface area contributed by atoms with Crippen molar-refractivity contribution < 1.29 is 19.0 Å². The van der Waals surface area contributed by atoms with Crippen LogP contribution in [0.5, 0.6) is 0 Å². The van der Waals surface area contributed by atoms with Crippen molar-refractivity contribution in [3.63, 3.8) is 0 Å². The smallest absolute Gasteiger partial charge is 0.338 e. The van der Waals surface area contributed by atoms with Gasteiger partial charge in [-0.25, -0.2) is 9.18 Å². The fourth-order valence-corrected chi connectivity index (χ4v) is 1.02. The van der Waals surface area contributed by atoms with Crippen LogP contribution in [0.3, 0.4) is 0 Å². The third kappa shape index (κ3) is 1.84. The van der Waals surface area contributed by atoms with E-state index in [1.807, 2.05) is 0 Å². The maximum atomic E-state index is 13.0. The van der Waals surface area contributed by atoms with E-state index < -0.39 is 18.4 Å². The third-order valence-electron chi connectivity index (χ3n) is 1.68. The average molecular weight is 184 g/mol. The Kier molecular flexibility index (Phi) is 2.97. The molecule has 0 aliphatic rings. The van der Waals surface area contributed by atoms with Gasteiger partial charge in [0.2, 0.25) is 0 Å². The molecule has 0 heterocycles. The number of ether oxygens (including phenoxy) is 1. The highest BCUT2D eigenvalue weighted by atomic mass is 19.1. The van der Waals surface area contributed by atoms with Crippen LogP contribution in [0.15, 0.2) is 18.2 Å². The predicted molar refractivity (Wildman–Crippen MR) is 43.7 cm³/mol. The van der Waals surface area contributed by atoms with Gasteiger partial charge in [0, 0.05) is 5.56 Å². The standard InChI is InChI=1S/C9H9FO3/c1-13-9(12)6-3-2-4-8(10)7(6)5-11/h2-4,11H,5H2,1H3. The summed E-state index contributed by atoms with van der Waals surface area (Å²) in [7, 11) is 1.20. The van der Waals surface area contributed by atoms with Crippen molar-refractivity contribution in [1.82, 2.24) is 0 Å². The fourth-order valence-electron chi connectivity index (χ4n) is 1.02. The van der Waals surface area contributed by atoms with Crippen molar-refractivity contribution >= 4 is 5.97 Å². The van der Waals surface area contributed by atoms with Gasteiger partial charge >= 0.3 is 5.97 Å². The van der Waals surface area contributed by atoms with Crippen LogP contribution in [0.4, 0.5) is 4.39 Å². The van der Waals surface area contributed by atoms with Crippen LogP contribution in [-0.2, 0) is 11.3 Å². The van der Waals surface area contributed by atoms with Gasteiger partial charge in [0.15, 0.2) is 0 Å². The molecule has 1 rings (SSSR count). The third-order valence-corrected chi connectivity index (χ3v) is 1.68. The Bertz CT molecular complexity index is 323. The van der Waals surface area contributed by atoms with E-state index in [4.69, 9.17) is 5.11 Å². The van der Waals surface area contributed by atoms with Crippen molar-refractivity contribution in [1.29, 1.82) is 0 Å². The van der Waals surface area contributed by atoms with Gasteiger partial charge in [0.1, 0.15) is 5.82 Å². The molecule has 4 heteroatoms. The Morgan fingerprint density at radius 1 is 1.62 bits per heavy atom. The first-order chi connectivity index (χ1) is 6.20. The molecule has 0 bridgehead atoms. The number of carbonyl (C=O) groups excluding carboxylic acids is 1. The average Bonchev–Trinajstić information content (AvgIpc) is 2.16. The van der Waals surface area contributed by atoms with E-state index in [0.29, 0.717) is 0 Å². The Balaban J connectivity index is 3.20.